The molecule has 4 N–H and O–H groups in total. The second-order valence-corrected chi connectivity index (χ2v) is 5.55. The Balaban J connectivity index is 1.76. The Bertz CT molecular complexity index is 961. The molecule has 1 heterocycles. The molecule has 0 aliphatic heterocycles. The van der Waals surface area contributed by atoms with E-state index in [1.54, 1.807) is 11.5 Å². The fourth-order valence-corrected chi connectivity index (χ4v) is 2.40. The first-order chi connectivity index (χ1) is 12.0. The molecule has 8 heteroatoms. The maximum absolute atomic E-state index is 13.6. The van der Waals surface area contributed by atoms with Crippen LogP contribution in [0.4, 0.5) is 26.6 Å². The maximum Gasteiger partial charge on any atom is 0.326 e. The third kappa shape index (κ3) is 3.64. The van der Waals surface area contributed by atoms with Crippen LogP contribution in [-0.4, -0.2) is 21.2 Å². The highest BCUT2D eigenvalue weighted by atomic mass is 19.1. The van der Waals surface area contributed by atoms with E-state index in [-0.39, 0.29) is 11.6 Å². The van der Waals surface area contributed by atoms with Crippen molar-refractivity contribution in [2.24, 2.45) is 0 Å². The molecule has 0 aliphatic rings. The van der Waals surface area contributed by atoms with E-state index in [1.807, 2.05) is 31.2 Å². The topological polar surface area (TPSA) is 99.2 Å². The van der Waals surface area contributed by atoms with Crippen LogP contribution in [0.5, 0.6) is 0 Å². The third-order valence-electron chi connectivity index (χ3n) is 3.60. The minimum absolute atomic E-state index is 0.0112. The number of anilines is 3. The number of fused-ring (bicyclic) bond motifs is 1. The SMILES string of the molecule is Cc1ccc2cc(NC(=O)Nc3nc(C)c(F)c(NO)n3)ccc2c1. The number of carbonyl (C=O) groups is 1. The Hall–Kier alpha value is -3.26. The Labute approximate surface area is 142 Å². The van der Waals surface area contributed by atoms with E-state index in [1.165, 1.54) is 6.92 Å². The van der Waals surface area contributed by atoms with E-state index in [2.05, 4.69) is 26.7 Å². The summed E-state index contributed by atoms with van der Waals surface area (Å²) in [5, 5.41) is 16.0. The number of benzene rings is 2. The number of halogens is 1. The molecule has 0 fully saturated rings. The van der Waals surface area contributed by atoms with Gasteiger partial charge in [-0.25, -0.2) is 19.6 Å². The van der Waals surface area contributed by atoms with Crippen molar-refractivity contribution in [1.29, 1.82) is 0 Å². The van der Waals surface area contributed by atoms with Gasteiger partial charge in [0.1, 0.15) is 0 Å². The van der Waals surface area contributed by atoms with Crippen LogP contribution in [0.3, 0.4) is 0 Å². The van der Waals surface area contributed by atoms with E-state index in [4.69, 9.17) is 5.21 Å². The molecule has 1 aromatic heterocycles. The van der Waals surface area contributed by atoms with Gasteiger partial charge in [0.25, 0.3) is 0 Å². The third-order valence-corrected chi connectivity index (χ3v) is 3.60. The lowest BCUT2D eigenvalue weighted by Crippen LogP contribution is -2.21. The lowest BCUT2D eigenvalue weighted by molar-refractivity contribution is 0.262. The van der Waals surface area contributed by atoms with E-state index < -0.39 is 17.7 Å². The summed E-state index contributed by atoms with van der Waals surface area (Å²) in [5.41, 5.74) is 3.36. The summed E-state index contributed by atoms with van der Waals surface area (Å²) in [7, 11) is 0. The quantitative estimate of drug-likeness (QED) is 0.543. The smallest absolute Gasteiger partial charge is 0.308 e. The Kier molecular flexibility index (Phi) is 4.44. The molecular weight excluding hydrogens is 325 g/mol. The van der Waals surface area contributed by atoms with E-state index in [9.17, 15) is 9.18 Å². The molecule has 0 saturated heterocycles. The summed E-state index contributed by atoms with van der Waals surface area (Å²) >= 11 is 0. The molecule has 0 atom stereocenters. The highest BCUT2D eigenvalue weighted by Gasteiger charge is 2.13. The first-order valence-corrected chi connectivity index (χ1v) is 7.49. The first kappa shape index (κ1) is 16.6. The zero-order valence-electron chi connectivity index (χ0n) is 13.6. The van der Waals surface area contributed by atoms with Crippen LogP contribution in [0.15, 0.2) is 36.4 Å². The normalized spacial score (nSPS) is 10.6. The van der Waals surface area contributed by atoms with Crippen molar-refractivity contribution in [1.82, 2.24) is 9.97 Å². The lowest BCUT2D eigenvalue weighted by atomic mass is 10.1. The molecule has 3 rings (SSSR count). The minimum atomic E-state index is -0.793. The van der Waals surface area contributed by atoms with Crippen LogP contribution < -0.4 is 16.1 Å². The molecule has 0 radical (unpaired) electrons. The van der Waals surface area contributed by atoms with Gasteiger partial charge in [-0.15, -0.1) is 0 Å². The molecule has 0 aliphatic carbocycles. The number of rotatable bonds is 3. The fourth-order valence-electron chi connectivity index (χ4n) is 2.40. The summed E-state index contributed by atoms with van der Waals surface area (Å²) < 4.78 is 13.6. The number of hydrogen-bond acceptors (Lipinski definition) is 5. The zero-order chi connectivity index (χ0) is 18.0. The number of hydrogen-bond donors (Lipinski definition) is 4. The second kappa shape index (κ2) is 6.70. The average molecular weight is 341 g/mol. The summed E-state index contributed by atoms with van der Waals surface area (Å²) in [5.74, 6) is -1.34. The van der Waals surface area contributed by atoms with Gasteiger partial charge in [-0.05, 0) is 36.8 Å². The van der Waals surface area contributed by atoms with Crippen LogP contribution in [0, 0.1) is 19.7 Å². The molecule has 128 valence electrons. The molecule has 25 heavy (non-hydrogen) atoms. The number of nitrogens with one attached hydrogen (secondary N) is 3. The number of aryl methyl sites for hydroxylation is 2. The summed E-state index contributed by atoms with van der Waals surface area (Å²) in [6.07, 6.45) is 0. The van der Waals surface area contributed by atoms with Gasteiger partial charge in [0.2, 0.25) is 5.95 Å². The van der Waals surface area contributed by atoms with Crippen molar-refractivity contribution in [2.45, 2.75) is 13.8 Å². The highest BCUT2D eigenvalue weighted by Crippen LogP contribution is 2.21. The van der Waals surface area contributed by atoms with E-state index in [0.29, 0.717) is 5.69 Å². The average Bonchev–Trinajstić information content (AvgIpc) is 2.58. The molecule has 0 unspecified atom stereocenters. The predicted molar refractivity (Wildman–Crippen MR) is 93.5 cm³/mol. The van der Waals surface area contributed by atoms with Crippen LogP contribution in [0.25, 0.3) is 10.8 Å². The second-order valence-electron chi connectivity index (χ2n) is 5.55. The van der Waals surface area contributed by atoms with Crippen molar-refractivity contribution in [3.05, 3.63) is 53.5 Å². The molecular formula is C17H16FN5O2. The maximum atomic E-state index is 13.6. The van der Waals surface area contributed by atoms with Gasteiger partial charge < -0.3 is 5.32 Å². The van der Waals surface area contributed by atoms with Gasteiger partial charge in [0, 0.05) is 5.69 Å². The van der Waals surface area contributed by atoms with Crippen molar-refractivity contribution in [3.63, 3.8) is 0 Å². The molecule has 0 spiro atoms. The number of nitrogens with zero attached hydrogens (tertiary/aromatic N) is 2. The highest BCUT2D eigenvalue weighted by molar-refractivity contribution is 6.00. The first-order valence-electron chi connectivity index (χ1n) is 7.49. The number of urea groups is 1. The summed E-state index contributed by atoms with van der Waals surface area (Å²) in [6.45, 7) is 3.41. The Morgan fingerprint density at radius 2 is 1.76 bits per heavy atom. The molecule has 7 nitrogen and oxygen atoms in total. The van der Waals surface area contributed by atoms with Gasteiger partial charge in [-0.2, -0.15) is 4.98 Å². The van der Waals surface area contributed by atoms with Crippen molar-refractivity contribution in [3.8, 4) is 0 Å². The molecule has 0 bridgehead atoms. The lowest BCUT2D eigenvalue weighted by Gasteiger charge is -2.10. The molecule has 2 amide bonds. The molecule has 2 aromatic carbocycles. The Morgan fingerprint density at radius 1 is 1.04 bits per heavy atom. The number of aromatic nitrogens is 2. The van der Waals surface area contributed by atoms with Crippen LogP contribution in [0.2, 0.25) is 0 Å². The minimum Gasteiger partial charge on any atom is -0.308 e. The zero-order valence-corrected chi connectivity index (χ0v) is 13.6. The molecule has 3 aromatic rings. The Morgan fingerprint density at radius 3 is 2.52 bits per heavy atom. The van der Waals surface area contributed by atoms with E-state index in [0.717, 1.165) is 16.3 Å². The summed E-state index contributed by atoms with van der Waals surface area (Å²) in [6, 6.07) is 11.0. The standard InChI is InChI=1S/C17H16FN5O2/c1-9-3-4-12-8-13(6-5-11(12)7-9)20-17(24)22-16-19-10(2)14(18)15(21-16)23-25/h3-8,25H,1-2H3,(H3,19,20,21,22,23,24). The predicted octanol–water partition coefficient (Wildman–Crippen LogP) is 3.83. The molecule has 0 saturated carbocycles. The number of carbonyl (C=O) groups excluding carboxylic acids is 1. The van der Waals surface area contributed by atoms with Gasteiger partial charge in [-0.3, -0.25) is 10.5 Å². The van der Waals surface area contributed by atoms with Crippen LogP contribution in [0.1, 0.15) is 11.3 Å². The van der Waals surface area contributed by atoms with Crippen LogP contribution >= 0.6 is 0 Å². The van der Waals surface area contributed by atoms with Gasteiger partial charge in [0.15, 0.2) is 11.6 Å². The fraction of sp³-hybridized carbons (Fsp3) is 0.118. The van der Waals surface area contributed by atoms with Crippen LogP contribution in [-0.2, 0) is 0 Å². The van der Waals surface area contributed by atoms with E-state index >= 15 is 0 Å². The van der Waals surface area contributed by atoms with Gasteiger partial charge >= 0.3 is 6.03 Å². The van der Waals surface area contributed by atoms with Gasteiger partial charge in [-0.1, -0.05) is 29.8 Å². The largest absolute Gasteiger partial charge is 0.326 e. The van der Waals surface area contributed by atoms with Crippen molar-refractivity contribution < 1.29 is 14.4 Å². The monoisotopic (exact) mass is 341 g/mol. The van der Waals surface area contributed by atoms with Crippen molar-refractivity contribution >= 4 is 34.3 Å². The van der Waals surface area contributed by atoms with Gasteiger partial charge in [0.05, 0.1) is 5.69 Å². The van der Waals surface area contributed by atoms with Crippen molar-refractivity contribution in [2.75, 3.05) is 16.1 Å². The number of amides is 2. The summed E-state index contributed by atoms with van der Waals surface area (Å²) in [4.78, 5) is 19.6.